The second kappa shape index (κ2) is 8.46. The average Bonchev–Trinajstić information content (AvgIpc) is 2.63. The van der Waals surface area contributed by atoms with Crippen molar-refractivity contribution in [3.63, 3.8) is 0 Å². The highest BCUT2D eigenvalue weighted by atomic mass is 19.1. The summed E-state index contributed by atoms with van der Waals surface area (Å²) in [6, 6.07) is 15.7. The van der Waals surface area contributed by atoms with Gasteiger partial charge in [0.25, 0.3) is 0 Å². The van der Waals surface area contributed by atoms with Crippen molar-refractivity contribution in [3.05, 3.63) is 59.9 Å². The van der Waals surface area contributed by atoms with Gasteiger partial charge in [0.05, 0.1) is 0 Å². The van der Waals surface area contributed by atoms with Gasteiger partial charge in [-0.25, -0.2) is 4.39 Å². The van der Waals surface area contributed by atoms with Gasteiger partial charge in [0.1, 0.15) is 5.82 Å². The first-order valence-electron chi connectivity index (χ1n) is 9.62. The summed E-state index contributed by atoms with van der Waals surface area (Å²) in [5, 5.41) is 0. The van der Waals surface area contributed by atoms with E-state index in [0.29, 0.717) is 5.92 Å². The summed E-state index contributed by atoms with van der Waals surface area (Å²) in [5.41, 5.74) is 3.52. The first-order chi connectivity index (χ1) is 11.8. The molecule has 0 N–H and O–H groups in total. The van der Waals surface area contributed by atoms with Gasteiger partial charge in [0.15, 0.2) is 0 Å². The Morgan fingerprint density at radius 3 is 2.29 bits per heavy atom. The molecule has 0 saturated heterocycles. The Morgan fingerprint density at radius 2 is 1.62 bits per heavy atom. The summed E-state index contributed by atoms with van der Waals surface area (Å²) in [6.45, 7) is 2.28. The third kappa shape index (κ3) is 4.47. The molecule has 0 amide bonds. The van der Waals surface area contributed by atoms with Crippen molar-refractivity contribution in [1.82, 2.24) is 0 Å². The minimum absolute atomic E-state index is 0.169. The normalized spacial score (nSPS) is 20.9. The van der Waals surface area contributed by atoms with Crippen LogP contribution in [-0.4, -0.2) is 0 Å². The maximum absolute atomic E-state index is 13.4. The Hall–Kier alpha value is -1.63. The molecule has 0 aliphatic heterocycles. The molecular weight excluding hydrogens is 295 g/mol. The molecule has 1 fully saturated rings. The molecule has 128 valence electrons. The van der Waals surface area contributed by atoms with Crippen molar-refractivity contribution < 1.29 is 4.39 Å². The SMILES string of the molecule is CCCCCC1CCC(c2ccc(-c3cccc(F)c3)cc2)CC1. The summed E-state index contributed by atoms with van der Waals surface area (Å²) < 4.78 is 13.4. The van der Waals surface area contributed by atoms with Gasteiger partial charge in [-0.15, -0.1) is 0 Å². The lowest BCUT2D eigenvalue weighted by atomic mass is 9.77. The van der Waals surface area contributed by atoms with E-state index in [1.807, 2.05) is 6.07 Å². The molecule has 0 heterocycles. The smallest absolute Gasteiger partial charge is 0.123 e. The van der Waals surface area contributed by atoms with Crippen LogP contribution in [0.2, 0.25) is 0 Å². The molecule has 1 aliphatic rings. The van der Waals surface area contributed by atoms with Crippen LogP contribution in [0.15, 0.2) is 48.5 Å². The van der Waals surface area contributed by atoms with Crippen LogP contribution >= 0.6 is 0 Å². The predicted octanol–water partition coefficient (Wildman–Crippen LogP) is 7.35. The minimum atomic E-state index is -0.169. The van der Waals surface area contributed by atoms with Crippen molar-refractivity contribution >= 4 is 0 Å². The summed E-state index contributed by atoms with van der Waals surface area (Å²) >= 11 is 0. The summed E-state index contributed by atoms with van der Waals surface area (Å²) in [6.07, 6.45) is 11.0. The molecule has 3 rings (SSSR count). The van der Waals surface area contributed by atoms with Crippen molar-refractivity contribution in [2.45, 2.75) is 64.2 Å². The molecular formula is C23H29F. The van der Waals surface area contributed by atoms with E-state index < -0.39 is 0 Å². The molecule has 24 heavy (non-hydrogen) atoms. The second-order valence-electron chi connectivity index (χ2n) is 7.35. The van der Waals surface area contributed by atoms with Gasteiger partial charge in [-0.2, -0.15) is 0 Å². The highest BCUT2D eigenvalue weighted by Gasteiger charge is 2.21. The van der Waals surface area contributed by atoms with Crippen molar-refractivity contribution in [2.75, 3.05) is 0 Å². The van der Waals surface area contributed by atoms with Gasteiger partial charge in [-0.1, -0.05) is 69.0 Å². The minimum Gasteiger partial charge on any atom is -0.207 e. The number of halogens is 1. The molecule has 0 aromatic heterocycles. The number of benzene rings is 2. The fourth-order valence-electron chi connectivity index (χ4n) is 4.08. The topological polar surface area (TPSA) is 0 Å². The van der Waals surface area contributed by atoms with Gasteiger partial charge in [-0.05, 0) is 66.3 Å². The van der Waals surface area contributed by atoms with E-state index in [4.69, 9.17) is 0 Å². The molecule has 0 atom stereocenters. The van der Waals surface area contributed by atoms with E-state index >= 15 is 0 Å². The van der Waals surface area contributed by atoms with Crippen LogP contribution in [0.3, 0.4) is 0 Å². The zero-order valence-electron chi connectivity index (χ0n) is 14.8. The first kappa shape index (κ1) is 17.2. The predicted molar refractivity (Wildman–Crippen MR) is 101 cm³/mol. The molecule has 0 nitrogen and oxygen atoms in total. The van der Waals surface area contributed by atoms with E-state index in [0.717, 1.165) is 17.0 Å². The fraction of sp³-hybridized carbons (Fsp3) is 0.478. The lowest BCUT2D eigenvalue weighted by Gasteiger charge is -2.29. The Balaban J connectivity index is 1.57. The number of rotatable bonds is 6. The van der Waals surface area contributed by atoms with Crippen molar-refractivity contribution in [3.8, 4) is 11.1 Å². The number of hydrogen-bond donors (Lipinski definition) is 0. The first-order valence-corrected chi connectivity index (χ1v) is 9.62. The van der Waals surface area contributed by atoms with Gasteiger partial charge >= 0.3 is 0 Å². The van der Waals surface area contributed by atoms with Crippen LogP contribution < -0.4 is 0 Å². The van der Waals surface area contributed by atoms with Crippen LogP contribution in [-0.2, 0) is 0 Å². The van der Waals surface area contributed by atoms with E-state index in [9.17, 15) is 4.39 Å². The molecule has 0 unspecified atom stereocenters. The maximum atomic E-state index is 13.4. The quantitative estimate of drug-likeness (QED) is 0.487. The molecule has 2 aromatic carbocycles. The summed E-state index contributed by atoms with van der Waals surface area (Å²) in [5.74, 6) is 1.51. The van der Waals surface area contributed by atoms with Gasteiger partial charge in [-0.3, -0.25) is 0 Å². The van der Waals surface area contributed by atoms with Crippen LogP contribution in [0.4, 0.5) is 4.39 Å². The van der Waals surface area contributed by atoms with Crippen LogP contribution in [0.1, 0.15) is 69.8 Å². The Bertz CT molecular complexity index is 621. The standard InChI is InChI=1S/C23H29F/c1-2-3-4-6-18-9-11-19(12-10-18)20-13-15-21(16-14-20)22-7-5-8-23(24)17-22/h5,7-8,13-19H,2-4,6,9-12H2,1H3. The highest BCUT2D eigenvalue weighted by Crippen LogP contribution is 2.38. The number of unbranched alkanes of at least 4 members (excludes halogenated alkanes) is 2. The molecule has 0 radical (unpaired) electrons. The van der Waals surface area contributed by atoms with E-state index in [1.54, 1.807) is 12.1 Å². The van der Waals surface area contributed by atoms with Crippen LogP contribution in [0.25, 0.3) is 11.1 Å². The molecule has 0 bridgehead atoms. The molecule has 2 aromatic rings. The zero-order valence-corrected chi connectivity index (χ0v) is 14.8. The van der Waals surface area contributed by atoms with Gasteiger partial charge in [0.2, 0.25) is 0 Å². The highest BCUT2D eigenvalue weighted by molar-refractivity contribution is 5.63. The maximum Gasteiger partial charge on any atom is 0.123 e. The van der Waals surface area contributed by atoms with Gasteiger partial charge in [0, 0.05) is 0 Å². The van der Waals surface area contributed by atoms with E-state index in [1.165, 1.54) is 63.0 Å². The van der Waals surface area contributed by atoms with Crippen LogP contribution in [0.5, 0.6) is 0 Å². The van der Waals surface area contributed by atoms with Gasteiger partial charge < -0.3 is 0 Å². The lowest BCUT2D eigenvalue weighted by Crippen LogP contribution is -2.13. The third-order valence-electron chi connectivity index (χ3n) is 5.60. The van der Waals surface area contributed by atoms with E-state index in [2.05, 4.69) is 31.2 Å². The molecule has 1 aliphatic carbocycles. The summed E-state index contributed by atoms with van der Waals surface area (Å²) in [7, 11) is 0. The molecule has 1 saturated carbocycles. The fourth-order valence-corrected chi connectivity index (χ4v) is 4.08. The summed E-state index contributed by atoms with van der Waals surface area (Å²) in [4.78, 5) is 0. The third-order valence-corrected chi connectivity index (χ3v) is 5.60. The average molecular weight is 324 g/mol. The Labute approximate surface area is 146 Å². The Kier molecular flexibility index (Phi) is 6.07. The molecule has 0 spiro atoms. The number of hydrogen-bond acceptors (Lipinski definition) is 0. The van der Waals surface area contributed by atoms with Crippen LogP contribution in [0, 0.1) is 11.7 Å². The van der Waals surface area contributed by atoms with E-state index in [-0.39, 0.29) is 5.82 Å². The zero-order chi connectivity index (χ0) is 16.8. The molecule has 1 heteroatoms. The lowest BCUT2D eigenvalue weighted by molar-refractivity contribution is 0.303. The monoisotopic (exact) mass is 324 g/mol. The van der Waals surface area contributed by atoms with Crippen molar-refractivity contribution in [1.29, 1.82) is 0 Å². The Morgan fingerprint density at radius 1 is 0.875 bits per heavy atom. The second-order valence-corrected chi connectivity index (χ2v) is 7.35. The van der Waals surface area contributed by atoms with Crippen molar-refractivity contribution in [2.24, 2.45) is 5.92 Å². The largest absolute Gasteiger partial charge is 0.207 e.